The van der Waals surface area contributed by atoms with Crippen LogP contribution in [0.25, 0.3) is 0 Å². The molecule has 0 aliphatic rings. The van der Waals surface area contributed by atoms with Gasteiger partial charge in [-0.1, -0.05) is 37.3 Å². The maximum atomic E-state index is 11.6. The van der Waals surface area contributed by atoms with Crippen molar-refractivity contribution in [3.63, 3.8) is 0 Å². The number of carbonyl (C=O) groups is 2. The standard InChI is InChI=1S/C14H19NO4/c1-3-12(13(16)18-4-2)15-14(17)19-10-11-8-6-5-7-9-11/h5-9,12H,3-4,10H2,1-2H3,(H,15,17). The summed E-state index contributed by atoms with van der Waals surface area (Å²) in [6.45, 7) is 3.97. The monoisotopic (exact) mass is 265 g/mol. The fraction of sp³-hybridized carbons (Fsp3) is 0.429. The van der Waals surface area contributed by atoms with E-state index in [4.69, 9.17) is 9.47 Å². The lowest BCUT2D eigenvalue weighted by atomic mass is 10.2. The molecule has 19 heavy (non-hydrogen) atoms. The Balaban J connectivity index is 2.39. The smallest absolute Gasteiger partial charge is 0.408 e. The molecule has 1 atom stereocenters. The first-order valence-corrected chi connectivity index (χ1v) is 6.31. The normalized spacial score (nSPS) is 11.5. The van der Waals surface area contributed by atoms with E-state index in [1.807, 2.05) is 30.3 Å². The molecule has 1 aromatic rings. The second-order valence-corrected chi connectivity index (χ2v) is 3.92. The van der Waals surface area contributed by atoms with Crippen molar-refractivity contribution < 1.29 is 19.1 Å². The number of ether oxygens (including phenoxy) is 2. The summed E-state index contributed by atoms with van der Waals surface area (Å²) in [7, 11) is 0. The van der Waals surface area contributed by atoms with Gasteiger partial charge in [0.2, 0.25) is 0 Å². The number of nitrogens with one attached hydrogen (secondary N) is 1. The maximum absolute atomic E-state index is 11.6. The number of amides is 1. The van der Waals surface area contributed by atoms with Gasteiger partial charge in [0.15, 0.2) is 0 Å². The van der Waals surface area contributed by atoms with Gasteiger partial charge in [-0.05, 0) is 18.9 Å². The molecule has 0 radical (unpaired) electrons. The average molecular weight is 265 g/mol. The minimum Gasteiger partial charge on any atom is -0.464 e. The molecule has 1 aromatic carbocycles. The van der Waals surface area contributed by atoms with Crippen LogP contribution in [0.2, 0.25) is 0 Å². The molecule has 1 unspecified atom stereocenters. The number of hydrogen-bond donors (Lipinski definition) is 1. The van der Waals surface area contributed by atoms with Gasteiger partial charge in [-0.25, -0.2) is 9.59 Å². The quantitative estimate of drug-likeness (QED) is 0.801. The Labute approximate surface area is 112 Å². The molecular weight excluding hydrogens is 246 g/mol. The number of esters is 1. The van der Waals surface area contributed by atoms with E-state index in [2.05, 4.69) is 5.32 Å². The van der Waals surface area contributed by atoms with Crippen LogP contribution in [0, 0.1) is 0 Å². The Morgan fingerprint density at radius 2 is 1.84 bits per heavy atom. The van der Waals surface area contributed by atoms with Gasteiger partial charge in [0.1, 0.15) is 12.6 Å². The van der Waals surface area contributed by atoms with Crippen molar-refractivity contribution in [1.29, 1.82) is 0 Å². The van der Waals surface area contributed by atoms with E-state index in [0.717, 1.165) is 5.56 Å². The average Bonchev–Trinajstić information content (AvgIpc) is 2.44. The molecule has 0 heterocycles. The van der Waals surface area contributed by atoms with Gasteiger partial charge in [-0.15, -0.1) is 0 Å². The molecule has 0 bridgehead atoms. The molecule has 0 aromatic heterocycles. The molecule has 5 nitrogen and oxygen atoms in total. The van der Waals surface area contributed by atoms with Gasteiger partial charge in [0.05, 0.1) is 6.61 Å². The number of hydrogen-bond acceptors (Lipinski definition) is 4. The highest BCUT2D eigenvalue weighted by Crippen LogP contribution is 2.02. The summed E-state index contributed by atoms with van der Waals surface area (Å²) >= 11 is 0. The first-order valence-electron chi connectivity index (χ1n) is 6.31. The van der Waals surface area contributed by atoms with E-state index < -0.39 is 18.1 Å². The first-order chi connectivity index (χ1) is 9.17. The molecule has 0 aliphatic heterocycles. The fourth-order valence-corrected chi connectivity index (χ4v) is 1.48. The lowest BCUT2D eigenvalue weighted by molar-refractivity contribution is -0.145. The van der Waals surface area contributed by atoms with E-state index in [1.54, 1.807) is 13.8 Å². The number of benzene rings is 1. The highest BCUT2D eigenvalue weighted by Gasteiger charge is 2.20. The first kappa shape index (κ1) is 15.0. The SMILES string of the molecule is CCOC(=O)C(CC)NC(=O)OCc1ccccc1. The van der Waals surface area contributed by atoms with Crippen molar-refractivity contribution in [3.8, 4) is 0 Å². The van der Waals surface area contributed by atoms with Crippen molar-refractivity contribution in [2.24, 2.45) is 0 Å². The molecule has 0 aliphatic carbocycles. The lowest BCUT2D eigenvalue weighted by Crippen LogP contribution is -2.41. The largest absolute Gasteiger partial charge is 0.464 e. The van der Waals surface area contributed by atoms with Crippen LogP contribution < -0.4 is 5.32 Å². The Morgan fingerprint density at radius 1 is 1.16 bits per heavy atom. The van der Waals surface area contributed by atoms with Gasteiger partial charge in [0.25, 0.3) is 0 Å². The molecule has 1 amide bonds. The van der Waals surface area contributed by atoms with Gasteiger partial charge in [-0.3, -0.25) is 0 Å². The molecule has 0 fully saturated rings. The van der Waals surface area contributed by atoms with Crippen molar-refractivity contribution >= 4 is 12.1 Å². The molecule has 0 saturated carbocycles. The second-order valence-electron chi connectivity index (χ2n) is 3.92. The van der Waals surface area contributed by atoms with Crippen LogP contribution in [-0.2, 0) is 20.9 Å². The van der Waals surface area contributed by atoms with Gasteiger partial charge >= 0.3 is 12.1 Å². The summed E-state index contributed by atoms with van der Waals surface area (Å²) in [5, 5.41) is 2.49. The minimum absolute atomic E-state index is 0.173. The Kier molecular flexibility index (Phi) is 6.43. The van der Waals surface area contributed by atoms with Crippen molar-refractivity contribution in [2.45, 2.75) is 32.9 Å². The van der Waals surface area contributed by atoms with E-state index in [-0.39, 0.29) is 13.2 Å². The molecule has 1 rings (SSSR count). The summed E-state index contributed by atoms with van der Waals surface area (Å²) in [6.07, 6.45) is -0.164. The third kappa shape index (κ3) is 5.42. The third-order valence-corrected chi connectivity index (χ3v) is 2.48. The maximum Gasteiger partial charge on any atom is 0.408 e. The second kappa shape index (κ2) is 8.13. The van der Waals surface area contributed by atoms with Gasteiger partial charge in [0, 0.05) is 0 Å². The number of rotatable bonds is 6. The summed E-state index contributed by atoms with van der Waals surface area (Å²) in [6, 6.07) is 8.67. The summed E-state index contributed by atoms with van der Waals surface area (Å²) in [5.41, 5.74) is 0.891. The molecular formula is C14H19NO4. The van der Waals surface area contributed by atoms with Gasteiger partial charge in [-0.2, -0.15) is 0 Å². The lowest BCUT2D eigenvalue weighted by Gasteiger charge is -2.15. The summed E-state index contributed by atoms with van der Waals surface area (Å²) < 4.78 is 9.88. The van der Waals surface area contributed by atoms with E-state index in [1.165, 1.54) is 0 Å². The van der Waals surface area contributed by atoms with Crippen LogP contribution >= 0.6 is 0 Å². The topological polar surface area (TPSA) is 64.6 Å². The number of carbonyl (C=O) groups excluding carboxylic acids is 2. The molecule has 0 saturated heterocycles. The molecule has 104 valence electrons. The Hall–Kier alpha value is -2.04. The highest BCUT2D eigenvalue weighted by molar-refractivity contribution is 5.81. The van der Waals surface area contributed by atoms with Crippen molar-refractivity contribution in [2.75, 3.05) is 6.61 Å². The third-order valence-electron chi connectivity index (χ3n) is 2.48. The van der Waals surface area contributed by atoms with Crippen molar-refractivity contribution in [3.05, 3.63) is 35.9 Å². The summed E-state index contributed by atoms with van der Waals surface area (Å²) in [4.78, 5) is 23.0. The zero-order valence-corrected chi connectivity index (χ0v) is 11.2. The van der Waals surface area contributed by atoms with Crippen LogP contribution in [0.15, 0.2) is 30.3 Å². The van der Waals surface area contributed by atoms with E-state index in [0.29, 0.717) is 6.42 Å². The van der Waals surface area contributed by atoms with Crippen LogP contribution in [0.1, 0.15) is 25.8 Å². The highest BCUT2D eigenvalue weighted by atomic mass is 16.6. The van der Waals surface area contributed by atoms with Crippen LogP contribution in [-0.4, -0.2) is 24.7 Å². The minimum atomic E-state index is -0.664. The zero-order valence-electron chi connectivity index (χ0n) is 11.2. The van der Waals surface area contributed by atoms with Crippen LogP contribution in [0.5, 0.6) is 0 Å². The van der Waals surface area contributed by atoms with Crippen molar-refractivity contribution in [1.82, 2.24) is 5.32 Å². The molecule has 1 N–H and O–H groups in total. The van der Waals surface area contributed by atoms with Crippen LogP contribution in [0.3, 0.4) is 0 Å². The fourth-order valence-electron chi connectivity index (χ4n) is 1.48. The predicted octanol–water partition coefficient (Wildman–Crippen LogP) is 2.25. The number of alkyl carbamates (subject to hydrolysis) is 1. The molecule has 5 heteroatoms. The Morgan fingerprint density at radius 3 is 2.42 bits per heavy atom. The molecule has 0 spiro atoms. The van der Waals surface area contributed by atoms with E-state index >= 15 is 0 Å². The predicted molar refractivity (Wildman–Crippen MR) is 70.5 cm³/mol. The van der Waals surface area contributed by atoms with E-state index in [9.17, 15) is 9.59 Å². The zero-order chi connectivity index (χ0) is 14.1. The van der Waals surface area contributed by atoms with Gasteiger partial charge < -0.3 is 14.8 Å². The Bertz CT molecular complexity index is 405. The summed E-state index contributed by atoms with van der Waals surface area (Å²) in [5.74, 6) is -0.443. The van der Waals surface area contributed by atoms with Crippen LogP contribution in [0.4, 0.5) is 4.79 Å².